The lowest BCUT2D eigenvalue weighted by atomic mass is 10.1. The molecule has 0 unspecified atom stereocenters. The van der Waals surface area contributed by atoms with Crippen molar-refractivity contribution < 1.29 is 23.6 Å². The third-order valence-electron chi connectivity index (χ3n) is 4.46. The number of carbonyl (C=O) groups is 2. The summed E-state index contributed by atoms with van der Waals surface area (Å²) in [6, 6.07) is 12.5. The van der Waals surface area contributed by atoms with Crippen LogP contribution >= 0.6 is 23.2 Å². The number of anilines is 1. The maximum atomic E-state index is 12.4. The molecule has 1 aromatic heterocycles. The molecule has 0 aliphatic carbocycles. The number of amides is 1. The summed E-state index contributed by atoms with van der Waals surface area (Å²) in [6.07, 6.45) is 0.961. The van der Waals surface area contributed by atoms with Gasteiger partial charge in [-0.2, -0.15) is 0 Å². The van der Waals surface area contributed by atoms with Crippen molar-refractivity contribution in [2.24, 2.45) is 0 Å². The van der Waals surface area contributed by atoms with E-state index in [4.69, 9.17) is 37.2 Å². The van der Waals surface area contributed by atoms with Gasteiger partial charge in [-0.05, 0) is 36.2 Å². The average Bonchev–Trinajstić information content (AvgIpc) is 3.16. The average molecular weight is 463 g/mol. The second-order valence-electron chi connectivity index (χ2n) is 6.47. The Balaban J connectivity index is 1.72. The highest BCUT2D eigenvalue weighted by Crippen LogP contribution is 2.38. The molecule has 1 amide bonds. The minimum Gasteiger partial charge on any atom is -0.493 e. The van der Waals surface area contributed by atoms with Crippen molar-refractivity contribution in [3.05, 3.63) is 63.6 Å². The largest absolute Gasteiger partial charge is 0.493 e. The molecule has 0 radical (unpaired) electrons. The molecule has 0 saturated heterocycles. The summed E-state index contributed by atoms with van der Waals surface area (Å²) in [6.45, 7) is 2.21. The Morgan fingerprint density at radius 2 is 1.77 bits per heavy atom. The van der Waals surface area contributed by atoms with Crippen LogP contribution in [0.2, 0.25) is 10.0 Å². The lowest BCUT2D eigenvalue weighted by Crippen LogP contribution is -2.17. The number of aromatic nitrogens is 1. The topological polar surface area (TPSA) is 90.7 Å². The Labute approximate surface area is 189 Å². The van der Waals surface area contributed by atoms with Crippen LogP contribution in [0, 0.1) is 0 Å². The molecule has 0 atom stereocenters. The Hall–Kier alpha value is -3.03. The highest BCUT2D eigenvalue weighted by atomic mass is 35.5. The first-order valence-electron chi connectivity index (χ1n) is 9.48. The highest BCUT2D eigenvalue weighted by molar-refractivity contribution is 6.39. The number of methoxy groups -OCH3 is 1. The summed E-state index contributed by atoms with van der Waals surface area (Å²) in [7, 11) is 1.20. The Kier molecular flexibility index (Phi) is 7.55. The van der Waals surface area contributed by atoms with Crippen LogP contribution < -0.4 is 10.1 Å². The molecule has 0 bridgehead atoms. The zero-order valence-electron chi connectivity index (χ0n) is 16.9. The molecule has 1 heterocycles. The second-order valence-corrected chi connectivity index (χ2v) is 7.28. The van der Waals surface area contributed by atoms with E-state index < -0.39 is 11.9 Å². The maximum absolute atomic E-state index is 12.4. The first kappa shape index (κ1) is 22.7. The molecule has 0 aliphatic rings. The Bertz CT molecular complexity index is 1060. The van der Waals surface area contributed by atoms with Gasteiger partial charge in [0.1, 0.15) is 11.4 Å². The summed E-state index contributed by atoms with van der Waals surface area (Å²) in [5.41, 5.74) is 1.49. The molecule has 0 fully saturated rings. The molecule has 0 spiro atoms. The molecule has 2 aromatic carbocycles. The standard InChI is InChI=1S/C22H20Cl2N2O5/c1-3-13-7-9-14(10-8-13)30-12-11-17(27)25-21-19(22(28)29-2)20(26-31-21)18-15(23)5-4-6-16(18)24/h4-10H,3,11-12H2,1-2H3,(H,25,27). The maximum Gasteiger partial charge on any atom is 0.345 e. The van der Waals surface area contributed by atoms with Crippen molar-refractivity contribution in [2.75, 3.05) is 19.0 Å². The summed E-state index contributed by atoms with van der Waals surface area (Å²) >= 11 is 12.4. The third-order valence-corrected chi connectivity index (χ3v) is 5.09. The van der Waals surface area contributed by atoms with E-state index in [1.54, 1.807) is 18.2 Å². The van der Waals surface area contributed by atoms with Gasteiger partial charge in [0.25, 0.3) is 0 Å². The molecule has 0 saturated carbocycles. The number of benzene rings is 2. The molecule has 3 rings (SSSR count). The van der Waals surface area contributed by atoms with E-state index in [0.717, 1.165) is 6.42 Å². The normalized spacial score (nSPS) is 10.6. The monoisotopic (exact) mass is 462 g/mol. The Morgan fingerprint density at radius 3 is 2.39 bits per heavy atom. The van der Waals surface area contributed by atoms with Gasteiger partial charge in [-0.1, -0.05) is 53.5 Å². The number of hydrogen-bond donors (Lipinski definition) is 1. The van der Waals surface area contributed by atoms with Gasteiger partial charge < -0.3 is 14.0 Å². The first-order valence-corrected chi connectivity index (χ1v) is 10.2. The summed E-state index contributed by atoms with van der Waals surface area (Å²) in [5.74, 6) is -0.677. The van der Waals surface area contributed by atoms with Crippen molar-refractivity contribution in [3.63, 3.8) is 0 Å². The van der Waals surface area contributed by atoms with E-state index in [-0.39, 0.29) is 40.2 Å². The number of rotatable bonds is 8. The predicted molar refractivity (Wildman–Crippen MR) is 118 cm³/mol. The second kappa shape index (κ2) is 10.3. The molecular weight excluding hydrogens is 443 g/mol. The summed E-state index contributed by atoms with van der Waals surface area (Å²) in [5, 5.41) is 6.95. The fourth-order valence-electron chi connectivity index (χ4n) is 2.83. The van der Waals surface area contributed by atoms with Crippen LogP contribution in [-0.2, 0) is 16.0 Å². The molecule has 7 nitrogen and oxygen atoms in total. The molecule has 9 heteroatoms. The van der Waals surface area contributed by atoms with Crippen molar-refractivity contribution in [2.45, 2.75) is 19.8 Å². The van der Waals surface area contributed by atoms with Crippen LogP contribution in [0.4, 0.5) is 5.88 Å². The van der Waals surface area contributed by atoms with E-state index in [0.29, 0.717) is 11.3 Å². The third kappa shape index (κ3) is 5.37. The highest BCUT2D eigenvalue weighted by Gasteiger charge is 2.28. The van der Waals surface area contributed by atoms with E-state index >= 15 is 0 Å². The smallest absolute Gasteiger partial charge is 0.345 e. The predicted octanol–water partition coefficient (Wildman–Crippen LogP) is 5.41. The number of halogens is 2. The van der Waals surface area contributed by atoms with Crippen LogP contribution in [0.25, 0.3) is 11.3 Å². The minimum atomic E-state index is -0.755. The zero-order valence-corrected chi connectivity index (χ0v) is 18.4. The fraction of sp³-hybridized carbons (Fsp3) is 0.227. The van der Waals surface area contributed by atoms with Gasteiger partial charge in [-0.15, -0.1) is 0 Å². The first-order chi connectivity index (χ1) is 14.9. The van der Waals surface area contributed by atoms with E-state index in [9.17, 15) is 9.59 Å². The molecule has 162 valence electrons. The number of ether oxygens (including phenoxy) is 2. The number of esters is 1. The van der Waals surface area contributed by atoms with E-state index in [1.165, 1.54) is 12.7 Å². The number of hydrogen-bond acceptors (Lipinski definition) is 6. The van der Waals surface area contributed by atoms with Crippen LogP contribution in [-0.4, -0.2) is 30.7 Å². The number of carbonyl (C=O) groups excluding carboxylic acids is 2. The van der Waals surface area contributed by atoms with Crippen LogP contribution in [0.5, 0.6) is 5.75 Å². The van der Waals surface area contributed by atoms with E-state index in [1.807, 2.05) is 24.3 Å². The summed E-state index contributed by atoms with van der Waals surface area (Å²) in [4.78, 5) is 24.7. The zero-order chi connectivity index (χ0) is 22.4. The molecule has 1 N–H and O–H groups in total. The van der Waals surface area contributed by atoms with Gasteiger partial charge >= 0.3 is 5.97 Å². The number of nitrogens with zero attached hydrogens (tertiary/aromatic N) is 1. The van der Waals surface area contributed by atoms with Crippen molar-refractivity contribution in [1.82, 2.24) is 5.16 Å². The van der Waals surface area contributed by atoms with Crippen molar-refractivity contribution in [1.29, 1.82) is 0 Å². The van der Waals surface area contributed by atoms with Gasteiger partial charge in [-0.25, -0.2) is 4.79 Å². The SMILES string of the molecule is CCc1ccc(OCCC(=O)Nc2onc(-c3c(Cl)cccc3Cl)c2C(=O)OC)cc1. The number of nitrogens with one attached hydrogen (secondary N) is 1. The van der Waals surface area contributed by atoms with E-state index in [2.05, 4.69) is 17.4 Å². The fourth-order valence-corrected chi connectivity index (χ4v) is 3.41. The lowest BCUT2D eigenvalue weighted by molar-refractivity contribution is -0.116. The van der Waals surface area contributed by atoms with Gasteiger partial charge in [0.15, 0.2) is 5.56 Å². The van der Waals surface area contributed by atoms with Gasteiger partial charge in [0.2, 0.25) is 11.8 Å². The number of aryl methyl sites for hydroxylation is 1. The Morgan fingerprint density at radius 1 is 1.10 bits per heavy atom. The van der Waals surface area contributed by atoms with Crippen molar-refractivity contribution in [3.8, 4) is 17.0 Å². The van der Waals surface area contributed by atoms with Crippen LogP contribution in [0.1, 0.15) is 29.3 Å². The quantitative estimate of drug-likeness (QED) is 0.450. The molecule has 3 aromatic rings. The lowest BCUT2D eigenvalue weighted by Gasteiger charge is -2.08. The molecular formula is C22H20Cl2N2O5. The molecule has 0 aliphatic heterocycles. The van der Waals surface area contributed by atoms with Gasteiger partial charge in [-0.3, -0.25) is 10.1 Å². The van der Waals surface area contributed by atoms with Crippen LogP contribution in [0.15, 0.2) is 47.0 Å². The minimum absolute atomic E-state index is 0.0268. The molecule has 31 heavy (non-hydrogen) atoms. The van der Waals surface area contributed by atoms with Gasteiger partial charge in [0.05, 0.1) is 30.2 Å². The summed E-state index contributed by atoms with van der Waals surface area (Å²) < 4.78 is 15.6. The van der Waals surface area contributed by atoms with Gasteiger partial charge in [0, 0.05) is 5.56 Å². The van der Waals surface area contributed by atoms with Crippen molar-refractivity contribution >= 4 is 41.0 Å². The van der Waals surface area contributed by atoms with Crippen LogP contribution in [0.3, 0.4) is 0 Å².